The van der Waals surface area contributed by atoms with E-state index in [2.05, 4.69) is 25.9 Å². The van der Waals surface area contributed by atoms with Gasteiger partial charge >= 0.3 is 0 Å². The van der Waals surface area contributed by atoms with Gasteiger partial charge in [-0.15, -0.1) is 0 Å². The molecule has 21 saturated heterocycles. The highest BCUT2D eigenvalue weighted by molar-refractivity contribution is 8.77. The number of hydrogen-bond acceptors (Lipinski definition) is 48. The fraction of sp³-hybridized carbons (Fsp3) is 0.808. The quantitative estimate of drug-likeness (QED) is 0.0221. The number of aromatic nitrogens is 2. The Morgan fingerprint density at radius 2 is 0.691 bits per heavy atom. The van der Waals surface area contributed by atoms with Crippen LogP contribution in [-0.4, -0.2) is 465 Å². The lowest BCUT2D eigenvalue weighted by Crippen LogP contribution is -2.68. The zero-order valence-electron chi connectivity index (χ0n) is 66.6. The molecule has 0 aromatic carbocycles. The molecule has 0 spiro atoms. The summed E-state index contributed by atoms with van der Waals surface area (Å²) < 4.78 is 95.5. The third-order valence-electron chi connectivity index (χ3n) is 21.1. The van der Waals surface area contributed by atoms with Gasteiger partial charge in [0.2, 0.25) is 11.8 Å². The average molecular weight is 1880 g/mol. The van der Waals surface area contributed by atoms with E-state index in [1.54, 1.807) is 30.6 Å². The van der Waals surface area contributed by atoms with Crippen LogP contribution in [0.3, 0.4) is 0 Å². The minimum Gasteiger partial charge on any atom is -0.394 e. The largest absolute Gasteiger partial charge is 0.394 e. The molecule has 21 aliphatic rings. The molecule has 2 aromatic heterocycles. The van der Waals surface area contributed by atoms with Gasteiger partial charge < -0.3 is 189 Å². The lowest BCUT2D eigenvalue weighted by Gasteiger charge is -2.50. The minimum atomic E-state index is -2.30. The molecule has 37 atom stereocenters. The first-order valence-electron chi connectivity index (χ1n) is 39.8. The summed E-state index contributed by atoms with van der Waals surface area (Å²) in [5.41, 5.74) is 0. The first kappa shape index (κ1) is 102. The van der Waals surface area contributed by atoms with Crippen molar-refractivity contribution in [2.45, 2.75) is 257 Å². The molecule has 23 rings (SSSR count). The maximum absolute atomic E-state index is 14.2. The molecule has 50 heteroatoms. The summed E-state index contributed by atoms with van der Waals surface area (Å²) in [6, 6.07) is 9.91. The van der Waals surface area contributed by atoms with Gasteiger partial charge in [-0.3, -0.25) is 19.2 Å². The highest BCUT2D eigenvalue weighted by Gasteiger charge is 2.60. The fourth-order valence-electron chi connectivity index (χ4n) is 14.3. The molecular weight excluding hydrogens is 1760 g/mol. The van der Waals surface area contributed by atoms with Crippen LogP contribution in [0.4, 0.5) is 0 Å². The van der Waals surface area contributed by atoms with Gasteiger partial charge in [0, 0.05) is 79.3 Å². The summed E-state index contributed by atoms with van der Waals surface area (Å²) in [7, 11) is 7.12. The Hall–Kier alpha value is -2.76. The van der Waals surface area contributed by atoms with Gasteiger partial charge in [-0.05, 0) is 59.8 Å². The molecule has 2 aromatic rings. The Morgan fingerprint density at radius 1 is 0.390 bits per heavy atom. The van der Waals surface area contributed by atoms with Gasteiger partial charge in [-0.25, -0.2) is 9.97 Å². The lowest BCUT2D eigenvalue weighted by molar-refractivity contribution is -0.395. The number of aliphatic hydroxyl groups excluding tert-OH is 19. The summed E-state index contributed by atoms with van der Waals surface area (Å²) in [5, 5.41) is 231. The number of pyridine rings is 2. The molecular formula is C73H113N5O39S6. The minimum absolute atomic E-state index is 0.0233. The smallest absolute Gasteiger partial charge is 0.238 e. The first-order valence-corrected chi connectivity index (χ1v) is 46.8. The van der Waals surface area contributed by atoms with E-state index in [0.717, 1.165) is 28.5 Å². The van der Waals surface area contributed by atoms with Crippen molar-refractivity contribution in [2.24, 2.45) is 5.92 Å². The van der Waals surface area contributed by atoms with E-state index in [1.807, 2.05) is 18.2 Å². The van der Waals surface area contributed by atoms with Crippen LogP contribution in [0.1, 0.15) is 26.2 Å². The predicted octanol–water partition coefficient (Wildman–Crippen LogP) is -9.28. The molecule has 0 radical (unpaired) electrons. The van der Waals surface area contributed by atoms with Gasteiger partial charge in [0.1, 0.15) is 180 Å². The molecule has 21 fully saturated rings. The van der Waals surface area contributed by atoms with Crippen LogP contribution in [-0.2, 0) is 95.0 Å². The van der Waals surface area contributed by atoms with Crippen molar-refractivity contribution < 1.29 is 192 Å². The number of amides is 2. The van der Waals surface area contributed by atoms with Gasteiger partial charge in [-0.2, -0.15) is 23.5 Å². The number of aliphatic hydroxyl groups is 19. The van der Waals surface area contributed by atoms with Crippen molar-refractivity contribution in [3.05, 3.63) is 48.8 Å². The van der Waals surface area contributed by atoms with Crippen LogP contribution >= 0.6 is 66.7 Å². The second-order valence-corrected chi connectivity index (χ2v) is 36.8. The Balaban J connectivity index is 0.912. The standard InChI is InChI=1S/C73H113N5O39S6/c1-31(84)9-15-102-17-18-103-16-10-33(85)21-32(65(100)77-13-19-120-122-42-7-3-5-11-75-42)27-118-29-40-63-49(91)56(98)72(109-40)114-61-38(25-82)105-69(52(94)45(61)87)113-60-37(24-81)108-71(55(97)48(60)90)117-64-41(30-119-28-34(74-2)66(101)78-14-20-121-123-43-8-4-6-12-76-43)110-73(57(99)50(64)92)115-62-39(26-83)106-68(53(95)46(62)88)111-58-35(22-79)104-67(51(93)44(58)86)112-59-36(23-80)107-70(116-63)54(96)47(59)89/h3-8,11-12,32,34-41,44-64,67-74,79-83,86-99H,9-10,13-30H2,1-2H3,(H,77,100)(H,78,101)/t32-,34-,35?,36?,37?,38?,39?,40?,41?,44-,45-,46-,47-,48-,49-,50-,51?,52?,53?,54?,55?,56?,57?,58-,59-,60-,61-,62-,63-,64-,67-,68-,69-,70-,71-,72-,73-/m1/s1. The number of rotatable bonds is 37. The summed E-state index contributed by atoms with van der Waals surface area (Å²) in [4.78, 5) is 61.3. The highest BCUT2D eigenvalue weighted by atomic mass is 33.1. The molecule has 0 saturated carbocycles. The van der Waals surface area contributed by atoms with Gasteiger partial charge in [-0.1, -0.05) is 33.7 Å². The normalized spacial score (nSPS) is 39.4. The van der Waals surface area contributed by atoms with Crippen LogP contribution in [0.15, 0.2) is 58.8 Å². The molecule has 0 aliphatic carbocycles. The number of nitrogens with one attached hydrogen (secondary N) is 3. The lowest BCUT2D eigenvalue weighted by atomic mass is 9.95. The summed E-state index contributed by atoms with van der Waals surface area (Å²) in [6.45, 7) is -3.37. The van der Waals surface area contributed by atoms with Crippen molar-refractivity contribution in [3.63, 3.8) is 0 Å². The molecule has 23 heterocycles. The number of carbonyl (C=O) groups is 4. The molecule has 21 aliphatic heterocycles. The highest BCUT2D eigenvalue weighted by Crippen LogP contribution is 2.41. The summed E-state index contributed by atoms with van der Waals surface area (Å²) >= 11 is 1.96. The maximum Gasteiger partial charge on any atom is 0.238 e. The fourth-order valence-corrected chi connectivity index (χ4v) is 20.3. The molecule has 700 valence electrons. The Labute approximate surface area is 730 Å². The van der Waals surface area contributed by atoms with Crippen molar-refractivity contribution in [1.29, 1.82) is 0 Å². The predicted molar refractivity (Wildman–Crippen MR) is 428 cm³/mol. The van der Waals surface area contributed by atoms with Crippen LogP contribution in [0, 0.1) is 5.92 Å². The van der Waals surface area contributed by atoms with E-state index >= 15 is 0 Å². The zero-order chi connectivity index (χ0) is 88.7. The number of ketones is 2. The average Bonchev–Trinajstić information content (AvgIpc) is 0.886. The molecule has 14 bridgehead atoms. The van der Waals surface area contributed by atoms with E-state index < -0.39 is 283 Å². The van der Waals surface area contributed by atoms with Crippen LogP contribution in [0.5, 0.6) is 0 Å². The van der Waals surface area contributed by atoms with Gasteiger partial charge in [0.25, 0.3) is 0 Å². The third-order valence-corrected chi connectivity index (χ3v) is 28.0. The van der Waals surface area contributed by atoms with E-state index in [4.69, 9.17) is 75.8 Å². The van der Waals surface area contributed by atoms with E-state index in [1.165, 1.54) is 57.1 Å². The summed E-state index contributed by atoms with van der Waals surface area (Å²) in [6.07, 6.45) is -69.3. The van der Waals surface area contributed by atoms with E-state index in [9.17, 15) is 116 Å². The van der Waals surface area contributed by atoms with Crippen molar-refractivity contribution >= 4 is 90.1 Å². The van der Waals surface area contributed by atoms with Gasteiger partial charge in [0.05, 0.1) is 83.6 Å². The van der Waals surface area contributed by atoms with Gasteiger partial charge in [0.15, 0.2) is 44.0 Å². The molecule has 44 nitrogen and oxygen atoms in total. The number of ether oxygens (including phenoxy) is 16. The second-order valence-electron chi connectivity index (χ2n) is 29.8. The molecule has 2 amide bonds. The van der Waals surface area contributed by atoms with Crippen molar-refractivity contribution in [2.75, 3.05) is 114 Å². The number of nitrogens with zero attached hydrogens (tertiary/aromatic N) is 2. The van der Waals surface area contributed by atoms with Crippen molar-refractivity contribution in [1.82, 2.24) is 25.9 Å². The van der Waals surface area contributed by atoms with Crippen LogP contribution in [0.2, 0.25) is 0 Å². The van der Waals surface area contributed by atoms with Crippen LogP contribution < -0.4 is 16.0 Å². The molecule has 22 N–H and O–H groups in total. The SMILES string of the molecule is CN[C@H](CSCC1O[C@@H]2O[C@@H]3C(CO)O[C@H](O[C@@H]4C(CO)O[C@H](O[C@@H]5C(CO)O[C@H](O[C@@H]6C(CSC[C@@H](CC(=O)CCOCCOCCC(C)=O)C(=O)NCCSSc7ccccn7)O[C@H](O[C@@H]7C(CO)O[C@H](O[C@@H]8C(CO)O[C@H](O[C@H]1[C@H](O)C2O)C(O)[C@H]8O)C(O)[C@H]7O)C(O)[C@H]6O)C(O)[C@H]5O)C(O)[C@H]4O)C(O)[C@H]3O)C(=O)NCCSSc1ccccn1. The first-order chi connectivity index (χ1) is 59.1. The zero-order valence-corrected chi connectivity index (χ0v) is 71.5. The van der Waals surface area contributed by atoms with E-state index in [0.29, 0.717) is 16.5 Å². The number of hydrogen-bond donors (Lipinski definition) is 22. The number of thioether (sulfide) groups is 2. The maximum atomic E-state index is 14.2. The Bertz CT molecular complexity index is 3460. The molecule has 123 heavy (non-hydrogen) atoms. The number of Topliss-reactive ketones (excluding diaryl/α,β-unsaturated/α-hetero) is 2. The molecule has 14 unspecified atom stereocenters. The van der Waals surface area contributed by atoms with E-state index in [-0.39, 0.29) is 81.8 Å². The monoisotopic (exact) mass is 1880 g/mol. The third kappa shape index (κ3) is 27.5. The van der Waals surface area contributed by atoms with Crippen LogP contribution in [0.25, 0.3) is 0 Å². The Morgan fingerprint density at radius 3 is 0.992 bits per heavy atom. The topological polar surface area (TPSA) is 662 Å². The second kappa shape index (κ2) is 50.8. The number of carbonyl (C=O) groups excluding carboxylic acids is 4. The summed E-state index contributed by atoms with van der Waals surface area (Å²) in [5.74, 6) is -2.59. The number of likely N-dealkylation sites (N-methyl/N-ethyl adjacent to an activating group) is 1. The Kier molecular flexibility index (Phi) is 42.2. The van der Waals surface area contributed by atoms with Crippen molar-refractivity contribution in [3.8, 4) is 0 Å².